The molecule has 0 radical (unpaired) electrons. The Balaban J connectivity index is 1.12. The van der Waals surface area contributed by atoms with Crippen molar-refractivity contribution in [3.8, 4) is 5.75 Å². The van der Waals surface area contributed by atoms with Crippen molar-refractivity contribution in [1.82, 2.24) is 9.80 Å². The van der Waals surface area contributed by atoms with Crippen LogP contribution >= 0.6 is 0 Å². The number of hydrogen-bond donors (Lipinski definition) is 1. The first-order valence-corrected chi connectivity index (χ1v) is 12.5. The number of aliphatic hydroxyl groups is 1. The molecule has 6 nitrogen and oxygen atoms in total. The standard InChI is InChI=1S/C29H32N2O4/c1-2-20-9-11-24(12-10-20)35-19-23(32)18-30-15-13-21(14-16-30)17-31-28(33)25-7-3-5-22-6-4-8-26(27(22)25)29(31)34/h3-12,21,23,32H,2,13-19H2,1H3/t23-/m1/s1. The summed E-state index contributed by atoms with van der Waals surface area (Å²) < 4.78 is 5.75. The molecule has 0 bridgehead atoms. The largest absolute Gasteiger partial charge is 0.491 e. The Kier molecular flexibility index (Phi) is 6.84. The van der Waals surface area contributed by atoms with Gasteiger partial charge in [0.25, 0.3) is 11.8 Å². The second-order valence-corrected chi connectivity index (χ2v) is 9.64. The maximum Gasteiger partial charge on any atom is 0.261 e. The van der Waals surface area contributed by atoms with Crippen LogP contribution in [0.2, 0.25) is 0 Å². The number of rotatable bonds is 8. The first-order valence-electron chi connectivity index (χ1n) is 12.5. The molecule has 3 aromatic rings. The number of β-amino-alcohol motifs (C(OH)–C–C–N with tert-alkyl or cyclic N) is 1. The number of carbonyl (C=O) groups excluding carboxylic acids is 2. The smallest absolute Gasteiger partial charge is 0.261 e. The van der Waals surface area contributed by atoms with E-state index in [0.717, 1.165) is 48.9 Å². The SMILES string of the molecule is CCc1ccc(OC[C@H](O)CN2CCC(CN3C(=O)c4cccc5cccc(c45)C3=O)CC2)cc1. The summed E-state index contributed by atoms with van der Waals surface area (Å²) in [4.78, 5) is 30.0. The fourth-order valence-electron chi connectivity index (χ4n) is 5.22. The molecule has 35 heavy (non-hydrogen) atoms. The Hall–Kier alpha value is -3.22. The highest BCUT2D eigenvalue weighted by molar-refractivity contribution is 6.25. The number of amides is 2. The van der Waals surface area contributed by atoms with Crippen LogP contribution in [0.15, 0.2) is 60.7 Å². The molecule has 0 unspecified atom stereocenters. The van der Waals surface area contributed by atoms with Crippen LogP contribution in [-0.2, 0) is 6.42 Å². The highest BCUT2D eigenvalue weighted by Gasteiger charge is 2.34. The topological polar surface area (TPSA) is 70.1 Å². The van der Waals surface area contributed by atoms with Crippen molar-refractivity contribution in [2.75, 3.05) is 32.8 Å². The first-order chi connectivity index (χ1) is 17.0. The van der Waals surface area contributed by atoms with Crippen molar-refractivity contribution in [3.63, 3.8) is 0 Å². The molecule has 6 heteroatoms. The quantitative estimate of drug-likeness (QED) is 0.499. The molecule has 1 N–H and O–H groups in total. The zero-order chi connectivity index (χ0) is 24.4. The predicted octanol–water partition coefficient (Wildman–Crippen LogP) is 4.15. The monoisotopic (exact) mass is 472 g/mol. The normalized spacial score (nSPS) is 17.7. The van der Waals surface area contributed by atoms with Gasteiger partial charge in [-0.1, -0.05) is 43.3 Å². The lowest BCUT2D eigenvalue weighted by molar-refractivity contribution is 0.0453. The third-order valence-corrected chi connectivity index (χ3v) is 7.25. The highest BCUT2D eigenvalue weighted by atomic mass is 16.5. The summed E-state index contributed by atoms with van der Waals surface area (Å²) in [6, 6.07) is 19.2. The molecule has 0 aliphatic carbocycles. The minimum Gasteiger partial charge on any atom is -0.491 e. The van der Waals surface area contributed by atoms with E-state index >= 15 is 0 Å². The van der Waals surface area contributed by atoms with Gasteiger partial charge in [0.2, 0.25) is 0 Å². The molecule has 182 valence electrons. The van der Waals surface area contributed by atoms with Crippen molar-refractivity contribution >= 4 is 22.6 Å². The van der Waals surface area contributed by atoms with E-state index in [9.17, 15) is 14.7 Å². The summed E-state index contributed by atoms with van der Waals surface area (Å²) >= 11 is 0. The summed E-state index contributed by atoms with van der Waals surface area (Å²) in [5.74, 6) is 0.643. The second kappa shape index (κ2) is 10.2. The predicted molar refractivity (Wildman–Crippen MR) is 136 cm³/mol. The summed E-state index contributed by atoms with van der Waals surface area (Å²) in [5, 5.41) is 12.2. The molecule has 1 fully saturated rings. The Bertz CT molecular complexity index is 1160. The van der Waals surface area contributed by atoms with Crippen LogP contribution in [0.4, 0.5) is 0 Å². The van der Waals surface area contributed by atoms with E-state index in [1.165, 1.54) is 10.5 Å². The van der Waals surface area contributed by atoms with Gasteiger partial charge in [0.05, 0.1) is 0 Å². The Morgan fingerprint density at radius 1 is 0.943 bits per heavy atom. The molecule has 2 aliphatic heterocycles. The van der Waals surface area contributed by atoms with E-state index in [-0.39, 0.29) is 24.3 Å². The number of piperidine rings is 1. The van der Waals surface area contributed by atoms with Gasteiger partial charge in [-0.05, 0) is 73.5 Å². The van der Waals surface area contributed by atoms with Gasteiger partial charge >= 0.3 is 0 Å². The van der Waals surface area contributed by atoms with Gasteiger partial charge < -0.3 is 14.7 Å². The van der Waals surface area contributed by atoms with Crippen molar-refractivity contribution in [2.24, 2.45) is 5.92 Å². The number of benzene rings is 3. The van der Waals surface area contributed by atoms with E-state index in [0.29, 0.717) is 24.2 Å². The minimum absolute atomic E-state index is 0.193. The fourth-order valence-corrected chi connectivity index (χ4v) is 5.22. The fraction of sp³-hybridized carbons (Fsp3) is 0.379. The minimum atomic E-state index is -0.570. The molecule has 0 saturated carbocycles. The maximum atomic E-state index is 13.2. The molecule has 1 saturated heterocycles. The van der Waals surface area contributed by atoms with E-state index < -0.39 is 6.10 Å². The molecular weight excluding hydrogens is 440 g/mol. The van der Waals surface area contributed by atoms with Crippen LogP contribution in [0.1, 0.15) is 46.0 Å². The lowest BCUT2D eigenvalue weighted by Gasteiger charge is -2.36. The number of carbonyl (C=O) groups is 2. The number of imide groups is 1. The zero-order valence-electron chi connectivity index (χ0n) is 20.2. The Morgan fingerprint density at radius 2 is 1.57 bits per heavy atom. The third kappa shape index (κ3) is 4.95. The summed E-state index contributed by atoms with van der Waals surface area (Å²) in [5.41, 5.74) is 2.49. The number of nitrogens with zero attached hydrogens (tertiary/aromatic N) is 2. The lowest BCUT2D eigenvalue weighted by Crippen LogP contribution is -2.46. The zero-order valence-corrected chi connectivity index (χ0v) is 20.2. The van der Waals surface area contributed by atoms with Gasteiger partial charge in [0, 0.05) is 29.6 Å². The summed E-state index contributed by atoms with van der Waals surface area (Å²) in [6.45, 7) is 5.02. The Labute approximate surface area is 206 Å². The number of ether oxygens (including phenoxy) is 1. The van der Waals surface area contributed by atoms with Crippen LogP contribution in [0.25, 0.3) is 10.8 Å². The van der Waals surface area contributed by atoms with E-state index in [1.54, 1.807) is 0 Å². The van der Waals surface area contributed by atoms with Gasteiger partial charge in [-0.2, -0.15) is 0 Å². The van der Waals surface area contributed by atoms with Crippen molar-refractivity contribution < 1.29 is 19.4 Å². The molecule has 3 aromatic carbocycles. The molecular formula is C29H32N2O4. The van der Waals surface area contributed by atoms with Crippen LogP contribution in [-0.4, -0.2) is 65.6 Å². The lowest BCUT2D eigenvalue weighted by atomic mass is 9.91. The number of aliphatic hydroxyl groups excluding tert-OH is 1. The van der Waals surface area contributed by atoms with Gasteiger partial charge in [-0.15, -0.1) is 0 Å². The number of likely N-dealkylation sites (tertiary alicyclic amines) is 1. The van der Waals surface area contributed by atoms with Crippen molar-refractivity contribution in [3.05, 3.63) is 77.4 Å². The number of aryl methyl sites for hydroxylation is 1. The summed E-state index contributed by atoms with van der Waals surface area (Å²) in [6.07, 6.45) is 2.19. The van der Waals surface area contributed by atoms with Crippen molar-refractivity contribution in [1.29, 1.82) is 0 Å². The van der Waals surface area contributed by atoms with Gasteiger partial charge in [0.1, 0.15) is 18.5 Å². The highest BCUT2D eigenvalue weighted by Crippen LogP contribution is 2.31. The average molecular weight is 473 g/mol. The molecule has 1 atom stereocenters. The van der Waals surface area contributed by atoms with E-state index in [1.807, 2.05) is 60.7 Å². The first kappa shape index (κ1) is 23.5. The van der Waals surface area contributed by atoms with Crippen LogP contribution in [0.3, 0.4) is 0 Å². The van der Waals surface area contributed by atoms with Crippen LogP contribution < -0.4 is 4.74 Å². The van der Waals surface area contributed by atoms with Gasteiger partial charge in [-0.3, -0.25) is 14.5 Å². The molecule has 2 aliphatic rings. The molecule has 2 amide bonds. The van der Waals surface area contributed by atoms with Gasteiger partial charge in [-0.25, -0.2) is 0 Å². The third-order valence-electron chi connectivity index (χ3n) is 7.25. The maximum absolute atomic E-state index is 13.2. The molecule has 0 spiro atoms. The number of hydrogen-bond acceptors (Lipinski definition) is 5. The van der Waals surface area contributed by atoms with E-state index in [4.69, 9.17) is 4.74 Å². The molecule has 2 heterocycles. The van der Waals surface area contributed by atoms with Crippen LogP contribution in [0, 0.1) is 5.92 Å². The molecule has 5 rings (SSSR count). The Morgan fingerprint density at radius 3 is 2.17 bits per heavy atom. The summed E-state index contributed by atoms with van der Waals surface area (Å²) in [7, 11) is 0. The average Bonchev–Trinajstić information content (AvgIpc) is 2.89. The second-order valence-electron chi connectivity index (χ2n) is 9.64. The van der Waals surface area contributed by atoms with Crippen LogP contribution in [0.5, 0.6) is 5.75 Å². The van der Waals surface area contributed by atoms with Crippen molar-refractivity contribution in [2.45, 2.75) is 32.3 Å². The molecule has 0 aromatic heterocycles. The van der Waals surface area contributed by atoms with Gasteiger partial charge in [0.15, 0.2) is 0 Å². The van der Waals surface area contributed by atoms with E-state index in [2.05, 4.69) is 11.8 Å².